The number of benzene rings is 1. The minimum absolute atomic E-state index is 0.0585. The number of piperidine rings is 1. The molecule has 1 aromatic carbocycles. The van der Waals surface area contributed by atoms with Crippen LogP contribution in [0.1, 0.15) is 53.4 Å². The second kappa shape index (κ2) is 11.0. The molecule has 0 aromatic heterocycles. The van der Waals surface area contributed by atoms with Crippen LogP contribution in [0.25, 0.3) is 0 Å². The smallest absolute Gasteiger partial charge is 0.225 e. The van der Waals surface area contributed by atoms with E-state index in [1.807, 2.05) is 49.1 Å². The molecule has 0 unspecified atom stereocenters. The van der Waals surface area contributed by atoms with Crippen molar-refractivity contribution in [2.45, 2.75) is 53.4 Å². The van der Waals surface area contributed by atoms with Crippen molar-refractivity contribution in [2.24, 2.45) is 29.6 Å². The van der Waals surface area contributed by atoms with Crippen molar-refractivity contribution < 1.29 is 14.3 Å². The highest BCUT2D eigenvalue weighted by molar-refractivity contribution is 5.79. The van der Waals surface area contributed by atoms with Crippen molar-refractivity contribution in [3.63, 3.8) is 0 Å². The van der Waals surface area contributed by atoms with Gasteiger partial charge in [0.15, 0.2) is 0 Å². The first kappa shape index (κ1) is 23.6. The molecule has 2 atom stereocenters. The van der Waals surface area contributed by atoms with Crippen LogP contribution in [0.4, 0.5) is 0 Å². The maximum atomic E-state index is 13.1. The lowest BCUT2D eigenvalue weighted by Gasteiger charge is -2.37. The van der Waals surface area contributed by atoms with Gasteiger partial charge in [0.2, 0.25) is 11.8 Å². The highest BCUT2D eigenvalue weighted by Crippen LogP contribution is 2.37. The molecule has 2 aliphatic heterocycles. The largest absolute Gasteiger partial charge is 0.493 e. The zero-order chi connectivity index (χ0) is 22.4. The Morgan fingerprint density at radius 2 is 1.61 bits per heavy atom. The molecular weight excluding hydrogens is 388 g/mol. The number of carbonyl (C=O) groups excluding carboxylic acids is 2. The molecule has 2 aliphatic rings. The summed E-state index contributed by atoms with van der Waals surface area (Å²) in [4.78, 5) is 29.6. The van der Waals surface area contributed by atoms with Crippen LogP contribution < -0.4 is 4.74 Å². The number of amides is 2. The second-order valence-electron chi connectivity index (χ2n) is 9.62. The number of para-hydroxylation sites is 1. The molecular formula is C26H40N2O3. The summed E-state index contributed by atoms with van der Waals surface area (Å²) in [6.07, 6.45) is 3.85. The maximum absolute atomic E-state index is 13.1. The van der Waals surface area contributed by atoms with Crippen molar-refractivity contribution in [3.8, 4) is 5.75 Å². The quantitative estimate of drug-likeness (QED) is 0.614. The molecule has 2 saturated heterocycles. The van der Waals surface area contributed by atoms with Crippen LogP contribution in [-0.2, 0) is 9.59 Å². The Morgan fingerprint density at radius 3 is 2.19 bits per heavy atom. The first-order valence-corrected chi connectivity index (χ1v) is 12.2. The predicted molar refractivity (Wildman–Crippen MR) is 124 cm³/mol. The number of nitrogens with zero attached hydrogens (tertiary/aromatic N) is 2. The molecule has 0 N–H and O–H groups in total. The van der Waals surface area contributed by atoms with E-state index in [1.54, 1.807) is 0 Å². The van der Waals surface area contributed by atoms with Crippen molar-refractivity contribution in [2.75, 3.05) is 32.8 Å². The Kier molecular flexibility index (Phi) is 8.39. The van der Waals surface area contributed by atoms with Gasteiger partial charge < -0.3 is 14.5 Å². The van der Waals surface area contributed by atoms with Crippen LogP contribution in [0.2, 0.25) is 0 Å². The standard InChI is InChI=1S/C26H40N2O3/c1-5-20(6-2)26(30)28-16-22(18-31-23-10-8-7-9-11-23)24(17-28)21-12-14-27(15-13-21)25(29)19(3)4/h7-11,19-22,24H,5-6,12-18H2,1-4H3/t22-,24-/m0/s1. The van der Waals surface area contributed by atoms with Crippen LogP contribution >= 0.6 is 0 Å². The number of hydrogen-bond acceptors (Lipinski definition) is 3. The fourth-order valence-electron chi connectivity index (χ4n) is 5.32. The Morgan fingerprint density at radius 1 is 0.968 bits per heavy atom. The van der Waals surface area contributed by atoms with Gasteiger partial charge in [-0.3, -0.25) is 9.59 Å². The van der Waals surface area contributed by atoms with Gasteiger partial charge in [-0.05, 0) is 49.7 Å². The number of likely N-dealkylation sites (tertiary alicyclic amines) is 2. The molecule has 5 nitrogen and oxygen atoms in total. The van der Waals surface area contributed by atoms with Gasteiger partial charge in [-0.2, -0.15) is 0 Å². The summed E-state index contributed by atoms with van der Waals surface area (Å²) < 4.78 is 6.14. The normalized spacial score (nSPS) is 22.4. The van der Waals surface area contributed by atoms with Crippen molar-refractivity contribution in [1.29, 1.82) is 0 Å². The van der Waals surface area contributed by atoms with Crippen LogP contribution in [-0.4, -0.2) is 54.4 Å². The molecule has 3 rings (SSSR count). The van der Waals surface area contributed by atoms with Gasteiger partial charge >= 0.3 is 0 Å². The van der Waals surface area contributed by atoms with Crippen LogP contribution in [0.5, 0.6) is 5.75 Å². The third-order valence-electron chi connectivity index (χ3n) is 7.30. The molecule has 0 aliphatic carbocycles. The second-order valence-corrected chi connectivity index (χ2v) is 9.62. The van der Waals surface area contributed by atoms with Gasteiger partial charge in [0, 0.05) is 43.9 Å². The van der Waals surface area contributed by atoms with Crippen molar-refractivity contribution in [1.82, 2.24) is 9.80 Å². The summed E-state index contributed by atoms with van der Waals surface area (Å²) in [5.41, 5.74) is 0. The van der Waals surface area contributed by atoms with Crippen LogP contribution in [0.3, 0.4) is 0 Å². The minimum atomic E-state index is 0.0585. The molecule has 2 heterocycles. The molecule has 5 heteroatoms. The molecule has 0 spiro atoms. The zero-order valence-corrected chi connectivity index (χ0v) is 19.8. The summed E-state index contributed by atoms with van der Waals surface area (Å²) in [7, 11) is 0. The maximum Gasteiger partial charge on any atom is 0.225 e. The van der Waals surface area contributed by atoms with Gasteiger partial charge in [-0.15, -0.1) is 0 Å². The lowest BCUT2D eigenvalue weighted by molar-refractivity contribution is -0.136. The highest BCUT2D eigenvalue weighted by Gasteiger charge is 2.42. The topological polar surface area (TPSA) is 49.9 Å². The lowest BCUT2D eigenvalue weighted by atomic mass is 9.78. The van der Waals surface area contributed by atoms with E-state index in [0.29, 0.717) is 30.3 Å². The van der Waals surface area contributed by atoms with Crippen molar-refractivity contribution >= 4 is 11.8 Å². The molecule has 0 radical (unpaired) electrons. The minimum Gasteiger partial charge on any atom is -0.493 e. The summed E-state index contributed by atoms with van der Waals surface area (Å²) in [6, 6.07) is 9.96. The summed E-state index contributed by atoms with van der Waals surface area (Å²) in [5, 5.41) is 0. The monoisotopic (exact) mass is 428 g/mol. The van der Waals surface area contributed by atoms with Gasteiger partial charge in [-0.25, -0.2) is 0 Å². The van der Waals surface area contributed by atoms with Gasteiger partial charge in [0.1, 0.15) is 5.75 Å². The van der Waals surface area contributed by atoms with E-state index in [2.05, 4.69) is 18.7 Å². The molecule has 2 amide bonds. The van der Waals surface area contributed by atoms with E-state index in [1.165, 1.54) is 0 Å². The first-order chi connectivity index (χ1) is 14.9. The number of ether oxygens (including phenoxy) is 1. The molecule has 0 saturated carbocycles. The third-order valence-corrected chi connectivity index (χ3v) is 7.30. The van der Waals surface area contributed by atoms with E-state index in [9.17, 15) is 9.59 Å². The molecule has 31 heavy (non-hydrogen) atoms. The van der Waals surface area contributed by atoms with Gasteiger partial charge in [-0.1, -0.05) is 45.9 Å². The number of hydrogen-bond donors (Lipinski definition) is 0. The molecule has 0 bridgehead atoms. The van der Waals surface area contributed by atoms with E-state index in [4.69, 9.17) is 4.74 Å². The third kappa shape index (κ3) is 5.81. The molecule has 172 valence electrons. The number of carbonyl (C=O) groups is 2. The van der Waals surface area contributed by atoms with E-state index < -0.39 is 0 Å². The Labute approximate surface area is 188 Å². The first-order valence-electron chi connectivity index (χ1n) is 12.2. The van der Waals surface area contributed by atoms with Crippen LogP contribution in [0.15, 0.2) is 30.3 Å². The summed E-state index contributed by atoms with van der Waals surface area (Å²) in [5.74, 6) is 2.98. The van der Waals surface area contributed by atoms with Crippen LogP contribution in [0, 0.1) is 29.6 Å². The zero-order valence-electron chi connectivity index (χ0n) is 19.8. The highest BCUT2D eigenvalue weighted by atomic mass is 16.5. The average molecular weight is 429 g/mol. The Bertz CT molecular complexity index is 709. The molecule has 1 aromatic rings. The molecule has 2 fully saturated rings. The van der Waals surface area contributed by atoms with Crippen molar-refractivity contribution in [3.05, 3.63) is 30.3 Å². The SMILES string of the molecule is CCC(CC)C(=O)N1C[C@@H](COc2ccccc2)[C@H](C2CCN(C(=O)C(C)C)CC2)C1. The predicted octanol–water partition coefficient (Wildman–Crippen LogP) is 4.47. The van der Waals surface area contributed by atoms with E-state index >= 15 is 0 Å². The Balaban J connectivity index is 1.67. The number of rotatable bonds is 8. The summed E-state index contributed by atoms with van der Waals surface area (Å²) in [6.45, 7) is 12.1. The average Bonchev–Trinajstić information content (AvgIpc) is 3.23. The van der Waals surface area contributed by atoms with Gasteiger partial charge in [0.05, 0.1) is 6.61 Å². The fraction of sp³-hybridized carbons (Fsp3) is 0.692. The Hall–Kier alpha value is -2.04. The van der Waals surface area contributed by atoms with Gasteiger partial charge in [0.25, 0.3) is 0 Å². The van der Waals surface area contributed by atoms with E-state index in [-0.39, 0.29) is 17.7 Å². The summed E-state index contributed by atoms with van der Waals surface area (Å²) >= 11 is 0. The lowest BCUT2D eigenvalue weighted by Crippen LogP contribution is -2.43. The fourth-order valence-corrected chi connectivity index (χ4v) is 5.32. The van der Waals surface area contributed by atoms with E-state index in [0.717, 1.165) is 57.6 Å².